The molecule has 3 N–H and O–H groups in total. The summed E-state index contributed by atoms with van der Waals surface area (Å²) in [6.45, 7) is 1.12. The number of hydrogen-bond acceptors (Lipinski definition) is 8. The van der Waals surface area contributed by atoms with Crippen LogP contribution in [0.15, 0.2) is 78.4 Å². The molecule has 0 atom stereocenters. The van der Waals surface area contributed by atoms with E-state index in [4.69, 9.17) is 10.3 Å². The summed E-state index contributed by atoms with van der Waals surface area (Å²) in [6.07, 6.45) is -0.826. The number of halogens is 4. The summed E-state index contributed by atoms with van der Waals surface area (Å²) in [5.41, 5.74) is 9.27. The molecule has 220 valence electrons. The zero-order valence-electron chi connectivity index (χ0n) is 22.6. The SMILES string of the molecule is COCCn1cc(-c2ccc(CNc3ncc(C(F)(F)F)cc3C(=O)Nc3ccc(F)cc3)cc2)c2c(N=N)ncnc21. The number of amides is 1. The number of rotatable bonds is 10. The zero-order chi connectivity index (χ0) is 30.6. The molecule has 0 radical (unpaired) electrons. The topological polar surface area (TPSA) is 130 Å². The number of benzene rings is 2. The lowest BCUT2D eigenvalue weighted by molar-refractivity contribution is -0.137. The molecule has 0 fully saturated rings. The van der Waals surface area contributed by atoms with Crippen molar-refractivity contribution < 1.29 is 27.1 Å². The Morgan fingerprint density at radius 1 is 1.07 bits per heavy atom. The highest BCUT2D eigenvalue weighted by Crippen LogP contribution is 2.35. The van der Waals surface area contributed by atoms with E-state index in [-0.39, 0.29) is 29.4 Å². The minimum atomic E-state index is -4.71. The van der Waals surface area contributed by atoms with Gasteiger partial charge in [-0.3, -0.25) is 4.79 Å². The van der Waals surface area contributed by atoms with Crippen LogP contribution < -0.4 is 10.6 Å². The van der Waals surface area contributed by atoms with Gasteiger partial charge in [-0.15, -0.1) is 5.11 Å². The van der Waals surface area contributed by atoms with Gasteiger partial charge in [0.2, 0.25) is 0 Å². The number of alkyl halides is 3. The smallest absolute Gasteiger partial charge is 0.383 e. The van der Waals surface area contributed by atoms with Crippen LogP contribution >= 0.6 is 0 Å². The minimum Gasteiger partial charge on any atom is -0.383 e. The Hall–Kier alpha value is -5.24. The van der Waals surface area contributed by atoms with Crippen molar-refractivity contribution in [2.45, 2.75) is 19.3 Å². The third kappa shape index (κ3) is 6.48. The Bertz CT molecular complexity index is 1770. The predicted molar refractivity (Wildman–Crippen MR) is 151 cm³/mol. The summed E-state index contributed by atoms with van der Waals surface area (Å²) in [5, 5.41) is 9.58. The van der Waals surface area contributed by atoms with Gasteiger partial charge in [-0.1, -0.05) is 24.3 Å². The number of hydrogen-bond donors (Lipinski definition) is 3. The van der Waals surface area contributed by atoms with E-state index in [1.165, 1.54) is 18.5 Å². The molecular formula is C29H24F4N8O2. The molecule has 1 amide bonds. The van der Waals surface area contributed by atoms with Crippen molar-refractivity contribution in [3.63, 3.8) is 0 Å². The van der Waals surface area contributed by atoms with Crippen LogP contribution in [0.2, 0.25) is 0 Å². The highest BCUT2D eigenvalue weighted by molar-refractivity contribution is 6.07. The maximum absolute atomic E-state index is 13.4. The van der Waals surface area contributed by atoms with E-state index in [2.05, 4.69) is 30.7 Å². The third-order valence-electron chi connectivity index (χ3n) is 6.56. The van der Waals surface area contributed by atoms with Crippen molar-refractivity contribution in [1.29, 1.82) is 5.53 Å². The van der Waals surface area contributed by atoms with E-state index < -0.39 is 23.5 Å². The molecule has 3 heterocycles. The maximum Gasteiger partial charge on any atom is 0.417 e. The van der Waals surface area contributed by atoms with Gasteiger partial charge in [0.25, 0.3) is 5.91 Å². The molecule has 0 saturated carbocycles. The second-order valence-corrected chi connectivity index (χ2v) is 9.37. The van der Waals surface area contributed by atoms with Crippen LogP contribution in [0.1, 0.15) is 21.5 Å². The molecule has 10 nitrogen and oxygen atoms in total. The molecule has 43 heavy (non-hydrogen) atoms. The largest absolute Gasteiger partial charge is 0.417 e. The zero-order valence-corrected chi connectivity index (χ0v) is 22.6. The Morgan fingerprint density at radius 3 is 2.49 bits per heavy atom. The van der Waals surface area contributed by atoms with Gasteiger partial charge in [0.05, 0.1) is 23.1 Å². The summed E-state index contributed by atoms with van der Waals surface area (Å²) in [7, 11) is 1.60. The number of fused-ring (bicyclic) bond motifs is 1. The monoisotopic (exact) mass is 592 g/mol. The van der Waals surface area contributed by atoms with Crippen molar-refractivity contribution in [1.82, 2.24) is 19.5 Å². The highest BCUT2D eigenvalue weighted by atomic mass is 19.4. The number of aromatic nitrogens is 4. The number of methoxy groups -OCH3 is 1. The van der Waals surface area contributed by atoms with Crippen molar-refractivity contribution >= 4 is 34.3 Å². The molecule has 5 rings (SSSR count). The van der Waals surface area contributed by atoms with Crippen LogP contribution in [0.25, 0.3) is 22.2 Å². The molecule has 0 bridgehead atoms. The summed E-state index contributed by atoms with van der Waals surface area (Å²) in [5.74, 6) is -1.20. The Kier molecular flexibility index (Phi) is 8.39. The summed E-state index contributed by atoms with van der Waals surface area (Å²) < 4.78 is 60.6. The second kappa shape index (κ2) is 12.3. The summed E-state index contributed by atoms with van der Waals surface area (Å²) >= 11 is 0. The number of nitrogens with zero attached hydrogens (tertiary/aromatic N) is 5. The fourth-order valence-corrected chi connectivity index (χ4v) is 4.42. The number of nitrogens with one attached hydrogen (secondary N) is 3. The van der Waals surface area contributed by atoms with E-state index in [1.807, 2.05) is 35.0 Å². The van der Waals surface area contributed by atoms with Crippen LogP contribution in [0.4, 0.5) is 34.9 Å². The molecule has 2 aromatic carbocycles. The lowest BCUT2D eigenvalue weighted by atomic mass is 10.0. The van der Waals surface area contributed by atoms with Crippen LogP contribution in [0.5, 0.6) is 0 Å². The number of carbonyl (C=O) groups excluding carboxylic acids is 1. The van der Waals surface area contributed by atoms with Gasteiger partial charge in [0.15, 0.2) is 5.82 Å². The van der Waals surface area contributed by atoms with Crippen molar-refractivity contribution in [2.75, 3.05) is 24.4 Å². The lowest BCUT2D eigenvalue weighted by Crippen LogP contribution is -2.18. The molecule has 3 aromatic heterocycles. The second-order valence-electron chi connectivity index (χ2n) is 9.37. The predicted octanol–water partition coefficient (Wildman–Crippen LogP) is 6.82. The van der Waals surface area contributed by atoms with Crippen LogP contribution in [0, 0.1) is 11.3 Å². The molecule has 0 aliphatic rings. The van der Waals surface area contributed by atoms with Gasteiger partial charge in [0, 0.05) is 43.8 Å². The van der Waals surface area contributed by atoms with Gasteiger partial charge in [-0.2, -0.15) is 13.2 Å². The molecule has 0 saturated heterocycles. The molecule has 5 aromatic rings. The van der Waals surface area contributed by atoms with Crippen molar-refractivity contribution in [3.05, 3.63) is 95.8 Å². The molecular weight excluding hydrogens is 568 g/mol. The quantitative estimate of drug-likeness (QED) is 0.120. The molecule has 0 spiro atoms. The third-order valence-corrected chi connectivity index (χ3v) is 6.56. The number of anilines is 2. The van der Waals surface area contributed by atoms with Gasteiger partial charge in [0.1, 0.15) is 23.6 Å². The fourth-order valence-electron chi connectivity index (χ4n) is 4.42. The van der Waals surface area contributed by atoms with Crippen molar-refractivity contribution in [2.24, 2.45) is 5.11 Å². The minimum absolute atomic E-state index is 0.0586. The van der Waals surface area contributed by atoms with Gasteiger partial charge in [-0.25, -0.2) is 24.9 Å². The number of ether oxygens (including phenoxy) is 1. The summed E-state index contributed by atoms with van der Waals surface area (Å²) in [4.78, 5) is 25.3. The lowest BCUT2D eigenvalue weighted by Gasteiger charge is -2.14. The van der Waals surface area contributed by atoms with Crippen LogP contribution in [-0.4, -0.2) is 39.1 Å². The van der Waals surface area contributed by atoms with E-state index >= 15 is 0 Å². The average molecular weight is 593 g/mol. The average Bonchev–Trinajstić information content (AvgIpc) is 3.38. The van der Waals surface area contributed by atoms with Crippen molar-refractivity contribution in [3.8, 4) is 11.1 Å². The Labute approximate surface area is 242 Å². The first-order valence-electron chi connectivity index (χ1n) is 12.9. The first-order valence-corrected chi connectivity index (χ1v) is 12.9. The van der Waals surface area contributed by atoms with Gasteiger partial charge < -0.3 is 19.9 Å². The fraction of sp³-hybridized carbons (Fsp3) is 0.172. The Balaban J connectivity index is 1.39. The van der Waals surface area contributed by atoms with E-state index in [9.17, 15) is 22.4 Å². The normalized spacial score (nSPS) is 11.5. The maximum atomic E-state index is 13.4. The summed E-state index contributed by atoms with van der Waals surface area (Å²) in [6, 6.07) is 12.9. The van der Waals surface area contributed by atoms with E-state index in [1.54, 1.807) is 7.11 Å². The van der Waals surface area contributed by atoms with E-state index in [0.717, 1.165) is 28.8 Å². The molecule has 0 aliphatic heterocycles. The first-order chi connectivity index (χ1) is 20.7. The van der Waals surface area contributed by atoms with Gasteiger partial charge >= 0.3 is 6.18 Å². The van der Waals surface area contributed by atoms with Crippen LogP contribution in [-0.2, 0) is 24.0 Å². The van der Waals surface area contributed by atoms with Crippen LogP contribution in [0.3, 0.4) is 0 Å². The number of carbonyl (C=O) groups is 1. The standard InChI is InChI=1S/C29H24F4N8O2/c1-43-11-10-41-15-23(24-26(40-34)37-16-38-27(24)41)18-4-2-17(3-5-18)13-35-25-22(12-19(14-36-25)29(31,32)33)28(42)39-21-8-6-20(30)7-9-21/h2-9,12,14-16,34H,10-11,13H2,1H3,(H,35,36)(H,39,42). The molecule has 0 aliphatic carbocycles. The first kappa shape index (κ1) is 29.3. The van der Waals surface area contributed by atoms with Gasteiger partial charge in [-0.05, 0) is 41.5 Å². The Morgan fingerprint density at radius 2 is 1.81 bits per heavy atom. The van der Waals surface area contributed by atoms with E-state index in [0.29, 0.717) is 36.4 Å². The molecule has 0 unspecified atom stereocenters. The number of pyridine rings is 1. The highest BCUT2D eigenvalue weighted by Gasteiger charge is 2.32. The molecule has 14 heteroatoms.